The Morgan fingerprint density at radius 1 is 1.11 bits per heavy atom. The summed E-state index contributed by atoms with van der Waals surface area (Å²) in [4.78, 5) is 21.2. The molecule has 5 nitrogen and oxygen atoms in total. The average Bonchev–Trinajstić information content (AvgIpc) is 2.69. The summed E-state index contributed by atoms with van der Waals surface area (Å²) in [5, 5.41) is 6.26. The third kappa shape index (κ3) is 5.41. The second kappa shape index (κ2) is 9.00. The first-order valence-electron chi connectivity index (χ1n) is 10.1. The fourth-order valence-corrected chi connectivity index (χ4v) is 3.45. The molecule has 148 valence electrons. The van der Waals surface area contributed by atoms with Crippen LogP contribution in [0.3, 0.4) is 0 Å². The Labute approximate surface area is 167 Å². The largest absolute Gasteiger partial charge is 0.368 e. The number of allylic oxidation sites excluding steroid dienone is 1. The highest BCUT2D eigenvalue weighted by molar-refractivity contribution is 6.03. The SMILES string of the molecule is CC(C)(C)c1ccccc1NC(=O)c1cnc(NCCC2=CCCCC2)cn1. The summed E-state index contributed by atoms with van der Waals surface area (Å²) in [6, 6.07) is 7.86. The highest BCUT2D eigenvalue weighted by Gasteiger charge is 2.19. The lowest BCUT2D eigenvalue weighted by atomic mass is 9.86. The fourth-order valence-electron chi connectivity index (χ4n) is 3.45. The van der Waals surface area contributed by atoms with Gasteiger partial charge in [0.1, 0.15) is 11.5 Å². The van der Waals surface area contributed by atoms with E-state index in [0.717, 1.165) is 24.2 Å². The number of amides is 1. The van der Waals surface area contributed by atoms with E-state index in [1.807, 2.05) is 24.3 Å². The van der Waals surface area contributed by atoms with Crippen molar-refractivity contribution in [1.29, 1.82) is 0 Å². The molecule has 0 fully saturated rings. The van der Waals surface area contributed by atoms with Gasteiger partial charge in [0.2, 0.25) is 0 Å². The molecule has 1 aromatic heterocycles. The summed E-state index contributed by atoms with van der Waals surface area (Å²) in [5.74, 6) is 0.450. The molecule has 0 aliphatic heterocycles. The van der Waals surface area contributed by atoms with Gasteiger partial charge in [0.15, 0.2) is 0 Å². The molecule has 0 saturated carbocycles. The lowest BCUT2D eigenvalue weighted by Gasteiger charge is -2.22. The minimum Gasteiger partial charge on any atom is -0.368 e. The zero-order valence-electron chi connectivity index (χ0n) is 17.1. The van der Waals surface area contributed by atoms with Crippen molar-refractivity contribution in [2.24, 2.45) is 0 Å². The van der Waals surface area contributed by atoms with E-state index in [0.29, 0.717) is 11.5 Å². The third-order valence-electron chi connectivity index (χ3n) is 5.01. The number of hydrogen-bond acceptors (Lipinski definition) is 4. The number of carbonyl (C=O) groups is 1. The number of rotatable bonds is 6. The van der Waals surface area contributed by atoms with Gasteiger partial charge in [-0.2, -0.15) is 0 Å². The maximum atomic E-state index is 12.6. The van der Waals surface area contributed by atoms with Gasteiger partial charge < -0.3 is 10.6 Å². The summed E-state index contributed by atoms with van der Waals surface area (Å²) < 4.78 is 0. The molecule has 2 N–H and O–H groups in total. The van der Waals surface area contributed by atoms with Crippen LogP contribution in [-0.2, 0) is 5.41 Å². The monoisotopic (exact) mass is 378 g/mol. The van der Waals surface area contributed by atoms with Gasteiger partial charge in [-0.1, -0.05) is 50.6 Å². The smallest absolute Gasteiger partial charge is 0.275 e. The minimum absolute atomic E-state index is 0.0584. The van der Waals surface area contributed by atoms with E-state index in [1.165, 1.54) is 37.5 Å². The highest BCUT2D eigenvalue weighted by Crippen LogP contribution is 2.29. The Kier molecular flexibility index (Phi) is 6.45. The first kappa shape index (κ1) is 20.1. The first-order valence-corrected chi connectivity index (χ1v) is 10.1. The average molecular weight is 379 g/mol. The zero-order valence-corrected chi connectivity index (χ0v) is 17.1. The zero-order chi connectivity index (χ0) is 20.0. The molecule has 0 radical (unpaired) electrons. The number of hydrogen-bond donors (Lipinski definition) is 2. The van der Waals surface area contributed by atoms with E-state index in [2.05, 4.69) is 47.4 Å². The van der Waals surface area contributed by atoms with Gasteiger partial charge in [-0.15, -0.1) is 0 Å². The summed E-state index contributed by atoms with van der Waals surface area (Å²) in [7, 11) is 0. The molecule has 1 aliphatic carbocycles. The van der Waals surface area contributed by atoms with E-state index in [4.69, 9.17) is 0 Å². The van der Waals surface area contributed by atoms with Crippen LogP contribution in [0, 0.1) is 0 Å². The molecular weight excluding hydrogens is 348 g/mol. The Morgan fingerprint density at radius 3 is 2.61 bits per heavy atom. The Bertz CT molecular complexity index is 834. The molecule has 0 saturated heterocycles. The van der Waals surface area contributed by atoms with Crippen molar-refractivity contribution in [3.8, 4) is 0 Å². The van der Waals surface area contributed by atoms with Crippen LogP contribution in [0.4, 0.5) is 11.5 Å². The van der Waals surface area contributed by atoms with Gasteiger partial charge in [0.25, 0.3) is 5.91 Å². The van der Waals surface area contributed by atoms with Crippen molar-refractivity contribution >= 4 is 17.4 Å². The van der Waals surface area contributed by atoms with Crippen molar-refractivity contribution in [2.75, 3.05) is 17.2 Å². The van der Waals surface area contributed by atoms with Crippen LogP contribution in [0.25, 0.3) is 0 Å². The third-order valence-corrected chi connectivity index (χ3v) is 5.01. The molecule has 0 unspecified atom stereocenters. The first-order chi connectivity index (χ1) is 13.4. The number of nitrogens with zero attached hydrogens (tertiary/aromatic N) is 2. The van der Waals surface area contributed by atoms with Gasteiger partial charge in [-0.25, -0.2) is 9.97 Å². The number of benzene rings is 1. The molecule has 5 heteroatoms. The number of carbonyl (C=O) groups excluding carboxylic acids is 1. The van der Waals surface area contributed by atoms with Crippen LogP contribution in [0.5, 0.6) is 0 Å². The maximum absolute atomic E-state index is 12.6. The number of aromatic nitrogens is 2. The predicted molar refractivity (Wildman–Crippen MR) is 115 cm³/mol. The van der Waals surface area contributed by atoms with Crippen LogP contribution >= 0.6 is 0 Å². The van der Waals surface area contributed by atoms with Crippen LogP contribution in [0.2, 0.25) is 0 Å². The predicted octanol–water partition coefficient (Wildman–Crippen LogP) is 5.33. The number of nitrogens with one attached hydrogen (secondary N) is 2. The van der Waals surface area contributed by atoms with E-state index in [1.54, 1.807) is 6.20 Å². The van der Waals surface area contributed by atoms with Crippen molar-refractivity contribution in [1.82, 2.24) is 9.97 Å². The Balaban J connectivity index is 1.57. The van der Waals surface area contributed by atoms with Crippen LogP contribution in [-0.4, -0.2) is 22.4 Å². The molecular formula is C23H30N4O. The molecule has 0 spiro atoms. The lowest BCUT2D eigenvalue weighted by molar-refractivity contribution is 0.102. The molecule has 1 heterocycles. The van der Waals surface area contributed by atoms with Gasteiger partial charge in [-0.05, 0) is 49.1 Å². The highest BCUT2D eigenvalue weighted by atomic mass is 16.1. The number of para-hydroxylation sites is 1. The van der Waals surface area contributed by atoms with E-state index < -0.39 is 0 Å². The maximum Gasteiger partial charge on any atom is 0.275 e. The lowest BCUT2D eigenvalue weighted by Crippen LogP contribution is -2.19. The normalized spacial score (nSPS) is 14.3. The van der Waals surface area contributed by atoms with E-state index in [-0.39, 0.29) is 11.3 Å². The second-order valence-corrected chi connectivity index (χ2v) is 8.32. The van der Waals surface area contributed by atoms with E-state index in [9.17, 15) is 4.79 Å². The van der Waals surface area contributed by atoms with Crippen molar-refractivity contribution in [3.63, 3.8) is 0 Å². The molecule has 2 aromatic rings. The molecule has 0 bridgehead atoms. The molecule has 3 rings (SSSR count). The molecule has 1 aliphatic rings. The molecule has 1 amide bonds. The fraction of sp³-hybridized carbons (Fsp3) is 0.435. The van der Waals surface area contributed by atoms with Crippen LogP contribution in [0.15, 0.2) is 48.3 Å². The summed E-state index contributed by atoms with van der Waals surface area (Å²) in [5.41, 5.74) is 3.68. The summed E-state index contributed by atoms with van der Waals surface area (Å²) >= 11 is 0. The summed E-state index contributed by atoms with van der Waals surface area (Å²) in [6.45, 7) is 7.22. The number of anilines is 2. The van der Waals surface area contributed by atoms with Crippen LogP contribution < -0.4 is 10.6 Å². The standard InChI is InChI=1S/C23H30N4O/c1-23(2,3)18-11-7-8-12-19(18)27-22(28)20-15-26-21(16-25-20)24-14-13-17-9-5-4-6-10-17/h7-9,11-12,15-16H,4-6,10,13-14H2,1-3H3,(H,24,26)(H,27,28). The molecule has 28 heavy (non-hydrogen) atoms. The molecule has 0 atom stereocenters. The van der Waals surface area contributed by atoms with Gasteiger partial charge in [0, 0.05) is 12.2 Å². The van der Waals surface area contributed by atoms with E-state index >= 15 is 0 Å². The topological polar surface area (TPSA) is 66.9 Å². The van der Waals surface area contributed by atoms with Crippen molar-refractivity contribution in [3.05, 3.63) is 59.6 Å². The van der Waals surface area contributed by atoms with Crippen molar-refractivity contribution < 1.29 is 4.79 Å². The molecule has 1 aromatic carbocycles. The second-order valence-electron chi connectivity index (χ2n) is 8.32. The van der Waals surface area contributed by atoms with Gasteiger partial charge in [0.05, 0.1) is 12.4 Å². The van der Waals surface area contributed by atoms with Crippen molar-refractivity contribution in [2.45, 2.75) is 58.3 Å². The Morgan fingerprint density at radius 2 is 1.93 bits per heavy atom. The Hall–Kier alpha value is -2.69. The van der Waals surface area contributed by atoms with Gasteiger partial charge >= 0.3 is 0 Å². The minimum atomic E-state index is -0.247. The quantitative estimate of drug-likeness (QED) is 0.667. The van der Waals surface area contributed by atoms with Gasteiger partial charge in [-0.3, -0.25) is 4.79 Å². The van der Waals surface area contributed by atoms with Crippen LogP contribution in [0.1, 0.15) is 68.9 Å². The summed E-state index contributed by atoms with van der Waals surface area (Å²) in [6.07, 6.45) is 11.6.